The minimum atomic E-state index is 0.192. The van der Waals surface area contributed by atoms with Gasteiger partial charge in [-0.3, -0.25) is 9.69 Å². The Balaban J connectivity index is 1.34. The van der Waals surface area contributed by atoms with Gasteiger partial charge in [0, 0.05) is 38.6 Å². The lowest BCUT2D eigenvalue weighted by Gasteiger charge is -2.37. The van der Waals surface area contributed by atoms with Crippen molar-refractivity contribution in [3.63, 3.8) is 0 Å². The number of piperazine rings is 1. The Morgan fingerprint density at radius 2 is 2.00 bits per heavy atom. The fraction of sp³-hybridized carbons (Fsp3) is 0.600. The molecule has 2 aliphatic rings. The van der Waals surface area contributed by atoms with Crippen molar-refractivity contribution in [1.82, 2.24) is 24.7 Å². The van der Waals surface area contributed by atoms with Crippen LogP contribution in [0.1, 0.15) is 25.6 Å². The Kier molecular flexibility index (Phi) is 4.96. The highest BCUT2D eigenvalue weighted by atomic mass is 16.2. The molecule has 4 rings (SSSR count). The van der Waals surface area contributed by atoms with Crippen molar-refractivity contribution in [2.75, 3.05) is 32.7 Å². The molecular formula is C20H29N5O. The molecule has 1 N–H and O–H groups in total. The van der Waals surface area contributed by atoms with Crippen LogP contribution in [0.4, 0.5) is 0 Å². The van der Waals surface area contributed by atoms with E-state index < -0.39 is 0 Å². The molecule has 0 bridgehead atoms. The molecule has 0 aliphatic carbocycles. The number of amides is 1. The number of hydrogen-bond acceptors (Lipinski definition) is 4. The quantitative estimate of drug-likeness (QED) is 0.909. The smallest absolute Gasteiger partial charge is 0.225 e. The zero-order valence-corrected chi connectivity index (χ0v) is 15.8. The van der Waals surface area contributed by atoms with Crippen molar-refractivity contribution < 1.29 is 4.79 Å². The molecule has 0 spiro atoms. The number of carbonyl (C=O) groups excluding carboxylic acids is 1. The zero-order valence-electron chi connectivity index (χ0n) is 15.8. The molecule has 3 heterocycles. The number of likely N-dealkylation sites (tertiary alicyclic amines) is 1. The van der Waals surface area contributed by atoms with Gasteiger partial charge < -0.3 is 14.8 Å². The molecule has 0 saturated carbocycles. The lowest BCUT2D eigenvalue weighted by Crippen LogP contribution is -2.53. The van der Waals surface area contributed by atoms with Gasteiger partial charge in [0.15, 0.2) is 0 Å². The van der Waals surface area contributed by atoms with Crippen LogP contribution < -0.4 is 5.32 Å². The van der Waals surface area contributed by atoms with Gasteiger partial charge in [-0.05, 0) is 45.0 Å². The number of piperidine rings is 1. The van der Waals surface area contributed by atoms with Crippen molar-refractivity contribution in [3.8, 4) is 0 Å². The van der Waals surface area contributed by atoms with E-state index >= 15 is 0 Å². The predicted octanol–water partition coefficient (Wildman–Crippen LogP) is 1.61. The minimum Gasteiger partial charge on any atom is -0.340 e. The fourth-order valence-corrected chi connectivity index (χ4v) is 4.27. The SMILES string of the molecule is C[C@@H]1CN(C(=O)C2CCN(Cc3nc4ccccc4n3C)CC2)CCN1. The summed E-state index contributed by atoms with van der Waals surface area (Å²) in [5, 5.41) is 3.41. The van der Waals surface area contributed by atoms with Crippen LogP contribution in [-0.4, -0.2) is 64.0 Å². The van der Waals surface area contributed by atoms with Crippen molar-refractivity contribution >= 4 is 16.9 Å². The van der Waals surface area contributed by atoms with E-state index in [1.165, 1.54) is 5.52 Å². The second-order valence-corrected chi connectivity index (χ2v) is 7.77. The van der Waals surface area contributed by atoms with Crippen LogP contribution in [0.15, 0.2) is 24.3 Å². The van der Waals surface area contributed by atoms with Gasteiger partial charge in [-0.15, -0.1) is 0 Å². The van der Waals surface area contributed by atoms with Gasteiger partial charge in [0.05, 0.1) is 17.6 Å². The van der Waals surface area contributed by atoms with Gasteiger partial charge in [-0.2, -0.15) is 0 Å². The molecule has 2 fully saturated rings. The minimum absolute atomic E-state index is 0.192. The molecule has 0 unspecified atom stereocenters. The largest absolute Gasteiger partial charge is 0.340 e. The van der Waals surface area contributed by atoms with E-state index in [0.717, 1.165) is 63.5 Å². The Labute approximate surface area is 155 Å². The first-order valence-corrected chi connectivity index (χ1v) is 9.76. The molecule has 1 aromatic carbocycles. The third-order valence-electron chi connectivity index (χ3n) is 5.86. The number of rotatable bonds is 3. The lowest BCUT2D eigenvalue weighted by atomic mass is 9.94. The van der Waals surface area contributed by atoms with Crippen molar-refractivity contribution in [2.45, 2.75) is 32.4 Å². The maximum Gasteiger partial charge on any atom is 0.225 e. The molecular weight excluding hydrogens is 326 g/mol. The second kappa shape index (κ2) is 7.37. The summed E-state index contributed by atoms with van der Waals surface area (Å²) in [4.78, 5) is 22.1. The lowest BCUT2D eigenvalue weighted by molar-refractivity contribution is -0.138. The van der Waals surface area contributed by atoms with E-state index in [1.807, 2.05) is 6.07 Å². The number of hydrogen-bond donors (Lipinski definition) is 1. The number of carbonyl (C=O) groups is 1. The van der Waals surface area contributed by atoms with E-state index in [-0.39, 0.29) is 5.92 Å². The number of aromatic nitrogens is 2. The predicted molar refractivity (Wildman–Crippen MR) is 103 cm³/mol. The van der Waals surface area contributed by atoms with E-state index in [9.17, 15) is 4.79 Å². The summed E-state index contributed by atoms with van der Waals surface area (Å²) in [5.74, 6) is 1.66. The standard InChI is InChI=1S/C20H29N5O/c1-15-13-25(12-9-21-15)20(26)16-7-10-24(11-8-16)14-19-22-17-5-3-4-6-18(17)23(19)2/h3-6,15-16,21H,7-14H2,1-2H3/t15-/m1/s1. The third kappa shape index (κ3) is 3.48. The van der Waals surface area contributed by atoms with Crippen LogP contribution in [-0.2, 0) is 18.4 Å². The topological polar surface area (TPSA) is 53.4 Å². The van der Waals surface area contributed by atoms with Crippen LogP contribution in [0.5, 0.6) is 0 Å². The van der Waals surface area contributed by atoms with E-state index in [0.29, 0.717) is 11.9 Å². The van der Waals surface area contributed by atoms with Gasteiger partial charge in [0.1, 0.15) is 5.82 Å². The van der Waals surface area contributed by atoms with Gasteiger partial charge in [-0.1, -0.05) is 12.1 Å². The molecule has 1 amide bonds. The fourth-order valence-electron chi connectivity index (χ4n) is 4.27. The second-order valence-electron chi connectivity index (χ2n) is 7.77. The first-order valence-electron chi connectivity index (χ1n) is 9.76. The van der Waals surface area contributed by atoms with Crippen molar-refractivity contribution in [1.29, 1.82) is 0 Å². The van der Waals surface area contributed by atoms with Crippen LogP contribution >= 0.6 is 0 Å². The molecule has 2 saturated heterocycles. The molecule has 2 aromatic rings. The number of benzene rings is 1. The summed E-state index contributed by atoms with van der Waals surface area (Å²) < 4.78 is 2.19. The Morgan fingerprint density at radius 3 is 2.73 bits per heavy atom. The first kappa shape index (κ1) is 17.5. The normalized spacial score (nSPS) is 22.8. The number of imidazole rings is 1. The van der Waals surface area contributed by atoms with Gasteiger partial charge in [0.25, 0.3) is 0 Å². The molecule has 6 nitrogen and oxygen atoms in total. The first-order chi connectivity index (χ1) is 12.6. The van der Waals surface area contributed by atoms with Crippen LogP contribution in [0.2, 0.25) is 0 Å². The van der Waals surface area contributed by atoms with Crippen molar-refractivity contribution in [3.05, 3.63) is 30.1 Å². The zero-order chi connectivity index (χ0) is 18.1. The summed E-state index contributed by atoms with van der Waals surface area (Å²) >= 11 is 0. The number of para-hydroxylation sites is 2. The third-order valence-corrected chi connectivity index (χ3v) is 5.86. The highest BCUT2D eigenvalue weighted by Gasteiger charge is 2.30. The average Bonchev–Trinajstić information content (AvgIpc) is 2.98. The number of aryl methyl sites for hydroxylation is 1. The summed E-state index contributed by atoms with van der Waals surface area (Å²) in [7, 11) is 2.09. The Bertz CT molecular complexity index is 778. The van der Waals surface area contributed by atoms with Crippen LogP contribution in [0.3, 0.4) is 0 Å². The number of fused-ring (bicyclic) bond motifs is 1. The van der Waals surface area contributed by atoms with Crippen LogP contribution in [0, 0.1) is 5.92 Å². The van der Waals surface area contributed by atoms with Gasteiger partial charge in [0.2, 0.25) is 5.91 Å². The monoisotopic (exact) mass is 355 g/mol. The Hall–Kier alpha value is -1.92. The molecule has 0 radical (unpaired) electrons. The van der Waals surface area contributed by atoms with E-state index in [4.69, 9.17) is 4.98 Å². The van der Waals surface area contributed by atoms with Crippen molar-refractivity contribution in [2.24, 2.45) is 13.0 Å². The number of nitrogens with one attached hydrogen (secondary N) is 1. The van der Waals surface area contributed by atoms with Gasteiger partial charge in [-0.25, -0.2) is 4.98 Å². The molecule has 1 atom stereocenters. The molecule has 140 valence electrons. The highest BCUT2D eigenvalue weighted by Crippen LogP contribution is 2.23. The summed E-state index contributed by atoms with van der Waals surface area (Å²) in [6, 6.07) is 8.68. The maximum atomic E-state index is 12.8. The summed E-state index contributed by atoms with van der Waals surface area (Å²) in [6.07, 6.45) is 1.92. The molecule has 1 aromatic heterocycles. The molecule has 2 aliphatic heterocycles. The van der Waals surface area contributed by atoms with Crippen LogP contribution in [0.25, 0.3) is 11.0 Å². The number of nitrogens with zero attached hydrogens (tertiary/aromatic N) is 4. The summed E-state index contributed by atoms with van der Waals surface area (Å²) in [5.41, 5.74) is 2.24. The van der Waals surface area contributed by atoms with E-state index in [1.54, 1.807) is 0 Å². The van der Waals surface area contributed by atoms with E-state index in [2.05, 4.69) is 51.9 Å². The Morgan fingerprint density at radius 1 is 1.23 bits per heavy atom. The maximum absolute atomic E-state index is 12.8. The average molecular weight is 355 g/mol. The summed E-state index contributed by atoms with van der Waals surface area (Å²) in [6.45, 7) is 7.57. The molecule has 6 heteroatoms. The highest BCUT2D eigenvalue weighted by molar-refractivity contribution is 5.79. The van der Waals surface area contributed by atoms with Gasteiger partial charge >= 0.3 is 0 Å². The molecule has 26 heavy (non-hydrogen) atoms.